The Morgan fingerprint density at radius 2 is 2.33 bits per heavy atom. The highest BCUT2D eigenvalue weighted by atomic mass is 32.1. The summed E-state index contributed by atoms with van der Waals surface area (Å²) >= 11 is 1.73. The van der Waals surface area contributed by atoms with E-state index in [1.807, 2.05) is 18.3 Å². The Labute approximate surface area is 93.8 Å². The van der Waals surface area contributed by atoms with Gasteiger partial charge in [0.05, 0.1) is 6.10 Å². The molecular weight excluding hydrogens is 206 g/mol. The Balaban J connectivity index is 2.02. The van der Waals surface area contributed by atoms with Gasteiger partial charge in [0.1, 0.15) is 0 Å². The quantitative estimate of drug-likeness (QED) is 0.843. The van der Waals surface area contributed by atoms with Crippen LogP contribution in [-0.2, 0) is 13.0 Å². The number of aryl methyl sites for hydroxylation is 2. The first-order valence-corrected chi connectivity index (χ1v) is 6.06. The Hall–Kier alpha value is -1.06. The summed E-state index contributed by atoms with van der Waals surface area (Å²) in [5.41, 5.74) is 2.36. The first-order valence-electron chi connectivity index (χ1n) is 5.11. The zero-order valence-electron chi connectivity index (χ0n) is 8.76. The number of hydrogen-bond acceptors (Lipinski definition) is 2. The third-order valence-electron chi connectivity index (χ3n) is 2.51. The standard InChI is InChI=1S/C12H15NOS/c1-10(14)12-3-2-6-13(12)7-4-11-5-8-15-9-11/h2-3,5-6,8-10,14H,4,7H2,1H3. The van der Waals surface area contributed by atoms with E-state index in [2.05, 4.69) is 21.4 Å². The van der Waals surface area contributed by atoms with Crippen LogP contribution in [0.4, 0.5) is 0 Å². The van der Waals surface area contributed by atoms with Crippen molar-refractivity contribution in [2.75, 3.05) is 0 Å². The van der Waals surface area contributed by atoms with Crippen LogP contribution in [0.25, 0.3) is 0 Å². The molecule has 0 aliphatic carbocycles. The van der Waals surface area contributed by atoms with Gasteiger partial charge >= 0.3 is 0 Å². The van der Waals surface area contributed by atoms with Crippen LogP contribution in [0.5, 0.6) is 0 Å². The van der Waals surface area contributed by atoms with Crippen LogP contribution in [0.15, 0.2) is 35.2 Å². The molecule has 0 saturated heterocycles. The highest BCUT2D eigenvalue weighted by Crippen LogP contribution is 2.14. The number of hydrogen-bond donors (Lipinski definition) is 1. The lowest BCUT2D eigenvalue weighted by Gasteiger charge is -2.10. The van der Waals surface area contributed by atoms with E-state index in [4.69, 9.17) is 0 Å². The summed E-state index contributed by atoms with van der Waals surface area (Å²) in [7, 11) is 0. The normalized spacial score (nSPS) is 12.9. The van der Waals surface area contributed by atoms with Gasteiger partial charge in [-0.2, -0.15) is 11.3 Å². The minimum Gasteiger partial charge on any atom is -0.387 e. The fourth-order valence-electron chi connectivity index (χ4n) is 1.69. The summed E-state index contributed by atoms with van der Waals surface area (Å²) in [6.07, 6.45) is 2.66. The largest absolute Gasteiger partial charge is 0.387 e. The maximum Gasteiger partial charge on any atom is 0.0911 e. The second kappa shape index (κ2) is 4.64. The van der Waals surface area contributed by atoms with E-state index in [-0.39, 0.29) is 6.10 Å². The van der Waals surface area contributed by atoms with Crippen molar-refractivity contribution < 1.29 is 5.11 Å². The van der Waals surface area contributed by atoms with Crippen LogP contribution >= 0.6 is 11.3 Å². The molecule has 0 aromatic carbocycles. The topological polar surface area (TPSA) is 25.2 Å². The second-order valence-corrected chi connectivity index (χ2v) is 4.46. The van der Waals surface area contributed by atoms with E-state index in [1.54, 1.807) is 18.3 Å². The van der Waals surface area contributed by atoms with E-state index in [1.165, 1.54) is 5.56 Å². The zero-order chi connectivity index (χ0) is 10.7. The smallest absolute Gasteiger partial charge is 0.0911 e. The summed E-state index contributed by atoms with van der Waals surface area (Å²) in [5.74, 6) is 0. The number of thiophene rings is 1. The van der Waals surface area contributed by atoms with Crippen LogP contribution in [0.2, 0.25) is 0 Å². The van der Waals surface area contributed by atoms with Gasteiger partial charge in [-0.05, 0) is 47.9 Å². The van der Waals surface area contributed by atoms with Crippen LogP contribution in [0.3, 0.4) is 0 Å². The fourth-order valence-corrected chi connectivity index (χ4v) is 2.40. The van der Waals surface area contributed by atoms with Crippen molar-refractivity contribution in [3.8, 4) is 0 Å². The second-order valence-electron chi connectivity index (χ2n) is 3.68. The van der Waals surface area contributed by atoms with Gasteiger partial charge < -0.3 is 9.67 Å². The van der Waals surface area contributed by atoms with E-state index in [9.17, 15) is 5.11 Å². The van der Waals surface area contributed by atoms with Crippen LogP contribution in [0, 0.1) is 0 Å². The van der Waals surface area contributed by atoms with E-state index in [0.717, 1.165) is 18.7 Å². The first-order chi connectivity index (χ1) is 7.27. The SMILES string of the molecule is CC(O)c1cccn1CCc1ccsc1. The van der Waals surface area contributed by atoms with Gasteiger partial charge in [0.15, 0.2) is 0 Å². The molecule has 1 N–H and O–H groups in total. The van der Waals surface area contributed by atoms with Gasteiger partial charge in [-0.1, -0.05) is 0 Å². The summed E-state index contributed by atoms with van der Waals surface area (Å²) in [6, 6.07) is 6.10. The van der Waals surface area contributed by atoms with E-state index < -0.39 is 0 Å². The number of rotatable bonds is 4. The third kappa shape index (κ3) is 2.49. The molecule has 2 aromatic heterocycles. The lowest BCUT2D eigenvalue weighted by atomic mass is 10.2. The van der Waals surface area contributed by atoms with Gasteiger partial charge in [0.25, 0.3) is 0 Å². The van der Waals surface area contributed by atoms with Crippen molar-refractivity contribution in [2.24, 2.45) is 0 Å². The molecule has 0 fully saturated rings. The molecule has 80 valence electrons. The molecule has 0 spiro atoms. The molecule has 1 unspecified atom stereocenters. The minimum absolute atomic E-state index is 0.387. The highest BCUT2D eigenvalue weighted by Gasteiger charge is 2.06. The summed E-state index contributed by atoms with van der Waals surface area (Å²) in [6.45, 7) is 2.74. The molecule has 15 heavy (non-hydrogen) atoms. The van der Waals surface area contributed by atoms with E-state index >= 15 is 0 Å². The third-order valence-corrected chi connectivity index (χ3v) is 3.25. The molecule has 2 heterocycles. The summed E-state index contributed by atoms with van der Waals surface area (Å²) < 4.78 is 2.11. The maximum atomic E-state index is 9.53. The Morgan fingerprint density at radius 1 is 1.47 bits per heavy atom. The number of aliphatic hydroxyl groups is 1. The average Bonchev–Trinajstić information content (AvgIpc) is 2.86. The van der Waals surface area contributed by atoms with E-state index in [0.29, 0.717) is 0 Å². The van der Waals surface area contributed by atoms with Gasteiger partial charge in [-0.15, -0.1) is 0 Å². The van der Waals surface area contributed by atoms with Crippen molar-refractivity contribution >= 4 is 11.3 Å². The molecule has 2 rings (SSSR count). The molecule has 0 aliphatic heterocycles. The number of aromatic nitrogens is 1. The van der Waals surface area contributed by atoms with Crippen LogP contribution in [0.1, 0.15) is 24.3 Å². The van der Waals surface area contributed by atoms with Gasteiger partial charge in [-0.3, -0.25) is 0 Å². The van der Waals surface area contributed by atoms with Crippen LogP contribution < -0.4 is 0 Å². The lowest BCUT2D eigenvalue weighted by molar-refractivity contribution is 0.189. The fraction of sp³-hybridized carbons (Fsp3) is 0.333. The highest BCUT2D eigenvalue weighted by molar-refractivity contribution is 7.07. The van der Waals surface area contributed by atoms with Crippen LogP contribution in [-0.4, -0.2) is 9.67 Å². The molecule has 3 heteroatoms. The minimum atomic E-state index is -0.387. The number of nitrogens with zero attached hydrogens (tertiary/aromatic N) is 1. The molecule has 0 radical (unpaired) electrons. The van der Waals surface area contributed by atoms with Crippen molar-refractivity contribution in [2.45, 2.75) is 26.0 Å². The van der Waals surface area contributed by atoms with Gasteiger partial charge in [0, 0.05) is 18.4 Å². The predicted octanol–water partition coefficient (Wildman–Crippen LogP) is 2.85. The van der Waals surface area contributed by atoms with Crippen molar-refractivity contribution in [3.63, 3.8) is 0 Å². The summed E-state index contributed by atoms with van der Waals surface area (Å²) in [5, 5.41) is 13.8. The van der Waals surface area contributed by atoms with Crippen molar-refractivity contribution in [1.82, 2.24) is 4.57 Å². The van der Waals surface area contributed by atoms with Crippen molar-refractivity contribution in [1.29, 1.82) is 0 Å². The molecule has 0 aliphatic rings. The lowest BCUT2D eigenvalue weighted by Crippen LogP contribution is -2.06. The maximum absolute atomic E-state index is 9.53. The molecule has 0 saturated carbocycles. The number of aliphatic hydroxyl groups excluding tert-OH is 1. The zero-order valence-corrected chi connectivity index (χ0v) is 9.57. The molecule has 0 bridgehead atoms. The molecular formula is C12H15NOS. The van der Waals surface area contributed by atoms with Gasteiger partial charge in [0.2, 0.25) is 0 Å². The van der Waals surface area contributed by atoms with Crippen molar-refractivity contribution in [3.05, 3.63) is 46.4 Å². The Bertz CT molecular complexity index is 403. The molecule has 1 atom stereocenters. The van der Waals surface area contributed by atoms with Gasteiger partial charge in [-0.25, -0.2) is 0 Å². The average molecular weight is 221 g/mol. The molecule has 0 amide bonds. The predicted molar refractivity (Wildman–Crippen MR) is 63.1 cm³/mol. The molecule has 2 nitrogen and oxygen atoms in total. The summed E-state index contributed by atoms with van der Waals surface area (Å²) in [4.78, 5) is 0. The molecule has 2 aromatic rings. The Morgan fingerprint density at radius 3 is 3.00 bits per heavy atom. The Kier molecular flexibility index (Phi) is 3.23. The monoisotopic (exact) mass is 221 g/mol. The first kappa shape index (κ1) is 10.5.